The van der Waals surface area contributed by atoms with Gasteiger partial charge in [-0.25, -0.2) is 13.2 Å². The molecule has 0 aliphatic carbocycles. The molecule has 132 valence electrons. The average Bonchev–Trinajstić information content (AvgIpc) is 2.67. The second-order valence-corrected chi connectivity index (χ2v) is 7.52. The lowest BCUT2D eigenvalue weighted by Gasteiger charge is -2.24. The molecular formula is C20H17NO4S. The van der Waals surface area contributed by atoms with E-state index in [-0.39, 0.29) is 17.0 Å². The van der Waals surface area contributed by atoms with Crippen molar-refractivity contribution in [1.82, 2.24) is 0 Å². The molecule has 6 heteroatoms. The summed E-state index contributed by atoms with van der Waals surface area (Å²) in [6.07, 6.45) is 0. The third-order valence-electron chi connectivity index (χ3n) is 3.90. The fourth-order valence-corrected chi connectivity index (χ4v) is 4.01. The maximum absolute atomic E-state index is 13.2. The number of hydrogen-bond donors (Lipinski definition) is 1. The van der Waals surface area contributed by atoms with Crippen LogP contribution in [0.4, 0.5) is 5.69 Å². The van der Waals surface area contributed by atoms with Gasteiger partial charge in [0.05, 0.1) is 22.7 Å². The van der Waals surface area contributed by atoms with Crippen molar-refractivity contribution < 1.29 is 18.3 Å². The molecule has 0 heterocycles. The second kappa shape index (κ2) is 7.41. The molecule has 3 rings (SSSR count). The number of sulfonamides is 1. The Kier molecular flexibility index (Phi) is 5.04. The van der Waals surface area contributed by atoms with Crippen LogP contribution in [0.3, 0.4) is 0 Å². The van der Waals surface area contributed by atoms with Gasteiger partial charge in [-0.15, -0.1) is 0 Å². The molecule has 0 atom stereocenters. The van der Waals surface area contributed by atoms with E-state index in [0.717, 1.165) is 5.56 Å². The van der Waals surface area contributed by atoms with Gasteiger partial charge in [-0.2, -0.15) is 0 Å². The van der Waals surface area contributed by atoms with E-state index in [2.05, 4.69) is 0 Å². The molecule has 0 radical (unpaired) electrons. The van der Waals surface area contributed by atoms with E-state index in [1.54, 1.807) is 24.3 Å². The number of benzene rings is 3. The molecule has 3 aromatic carbocycles. The molecule has 1 N–H and O–H groups in total. The Morgan fingerprint density at radius 1 is 0.808 bits per heavy atom. The summed E-state index contributed by atoms with van der Waals surface area (Å²) in [5.74, 6) is -1.10. The van der Waals surface area contributed by atoms with Gasteiger partial charge in [0, 0.05) is 0 Å². The highest BCUT2D eigenvalue weighted by atomic mass is 32.2. The summed E-state index contributed by atoms with van der Waals surface area (Å²) < 4.78 is 27.7. The number of hydrogen-bond acceptors (Lipinski definition) is 3. The van der Waals surface area contributed by atoms with Crippen LogP contribution >= 0.6 is 0 Å². The number of carboxylic acid groups (broad SMARTS) is 1. The normalized spacial score (nSPS) is 11.1. The maximum atomic E-state index is 13.2. The van der Waals surface area contributed by atoms with Crippen LogP contribution in [0.25, 0.3) is 0 Å². The highest BCUT2D eigenvalue weighted by Gasteiger charge is 2.25. The molecular weight excluding hydrogens is 350 g/mol. The van der Waals surface area contributed by atoms with Crippen molar-refractivity contribution in [3.05, 3.63) is 96.1 Å². The zero-order chi connectivity index (χ0) is 18.6. The predicted molar refractivity (Wildman–Crippen MR) is 99.7 cm³/mol. The zero-order valence-corrected chi connectivity index (χ0v) is 14.6. The Labute approximate surface area is 152 Å². The van der Waals surface area contributed by atoms with Crippen LogP contribution in [0.2, 0.25) is 0 Å². The van der Waals surface area contributed by atoms with Crippen molar-refractivity contribution in [2.24, 2.45) is 0 Å². The van der Waals surface area contributed by atoms with Crippen molar-refractivity contribution in [2.45, 2.75) is 11.4 Å². The predicted octanol–water partition coefficient (Wildman–Crippen LogP) is 3.78. The van der Waals surface area contributed by atoms with Gasteiger partial charge < -0.3 is 5.11 Å². The first-order valence-corrected chi connectivity index (χ1v) is 9.37. The highest BCUT2D eigenvalue weighted by Crippen LogP contribution is 2.26. The second-order valence-electron chi connectivity index (χ2n) is 5.66. The van der Waals surface area contributed by atoms with E-state index in [1.807, 2.05) is 36.4 Å². The van der Waals surface area contributed by atoms with E-state index in [4.69, 9.17) is 5.11 Å². The summed E-state index contributed by atoms with van der Waals surface area (Å²) in [5, 5.41) is 9.00. The van der Waals surface area contributed by atoms with Crippen LogP contribution < -0.4 is 4.31 Å². The lowest BCUT2D eigenvalue weighted by molar-refractivity contribution is 0.0696. The van der Waals surface area contributed by atoms with E-state index >= 15 is 0 Å². The summed E-state index contributed by atoms with van der Waals surface area (Å²) in [6, 6.07) is 23.3. The Morgan fingerprint density at radius 2 is 1.35 bits per heavy atom. The molecule has 0 saturated carbocycles. The lowest BCUT2D eigenvalue weighted by Crippen LogP contribution is -2.30. The van der Waals surface area contributed by atoms with Gasteiger partial charge in [0.15, 0.2) is 0 Å². The van der Waals surface area contributed by atoms with E-state index < -0.39 is 16.0 Å². The fraction of sp³-hybridized carbons (Fsp3) is 0.0500. The lowest BCUT2D eigenvalue weighted by atomic mass is 10.2. The van der Waals surface area contributed by atoms with Gasteiger partial charge in [-0.3, -0.25) is 4.31 Å². The highest BCUT2D eigenvalue weighted by molar-refractivity contribution is 7.92. The Hall–Kier alpha value is -3.12. The summed E-state index contributed by atoms with van der Waals surface area (Å²) >= 11 is 0. The van der Waals surface area contributed by atoms with Crippen molar-refractivity contribution >= 4 is 21.7 Å². The Morgan fingerprint density at radius 3 is 1.88 bits per heavy atom. The van der Waals surface area contributed by atoms with E-state index in [9.17, 15) is 13.2 Å². The van der Waals surface area contributed by atoms with Crippen LogP contribution in [0.15, 0.2) is 89.8 Å². The zero-order valence-electron chi connectivity index (χ0n) is 13.8. The minimum atomic E-state index is -3.85. The van der Waals surface area contributed by atoms with Crippen molar-refractivity contribution in [2.75, 3.05) is 4.31 Å². The monoisotopic (exact) mass is 367 g/mol. The molecule has 0 saturated heterocycles. The van der Waals surface area contributed by atoms with E-state index in [0.29, 0.717) is 5.69 Å². The van der Waals surface area contributed by atoms with Crippen molar-refractivity contribution in [3.63, 3.8) is 0 Å². The Balaban J connectivity index is 2.03. The topological polar surface area (TPSA) is 74.7 Å². The first-order chi connectivity index (χ1) is 12.5. The smallest absolute Gasteiger partial charge is 0.335 e. The molecule has 0 amide bonds. The van der Waals surface area contributed by atoms with Crippen LogP contribution in [0.1, 0.15) is 15.9 Å². The van der Waals surface area contributed by atoms with Gasteiger partial charge in [0.25, 0.3) is 10.0 Å². The molecule has 0 aliphatic rings. The molecule has 0 bridgehead atoms. The number of aromatic carboxylic acids is 1. The molecule has 0 unspecified atom stereocenters. The largest absolute Gasteiger partial charge is 0.478 e. The molecule has 0 aliphatic heterocycles. The first kappa shape index (κ1) is 17.7. The van der Waals surface area contributed by atoms with Gasteiger partial charge >= 0.3 is 5.97 Å². The third-order valence-corrected chi connectivity index (χ3v) is 5.69. The standard InChI is InChI=1S/C20H17NO4S/c22-20(23)17-11-13-19(14-12-17)26(24,25)21(18-9-5-2-6-10-18)15-16-7-3-1-4-8-16/h1-14H,15H2,(H,22,23). The van der Waals surface area contributed by atoms with Crippen LogP contribution in [-0.2, 0) is 16.6 Å². The molecule has 5 nitrogen and oxygen atoms in total. The summed E-state index contributed by atoms with van der Waals surface area (Å²) in [6.45, 7) is 0.174. The number of anilines is 1. The quantitative estimate of drug-likeness (QED) is 0.719. The fourth-order valence-electron chi connectivity index (χ4n) is 2.56. The van der Waals surface area contributed by atoms with Crippen LogP contribution in [0, 0.1) is 0 Å². The van der Waals surface area contributed by atoms with Crippen molar-refractivity contribution in [1.29, 1.82) is 0 Å². The first-order valence-electron chi connectivity index (χ1n) is 7.93. The van der Waals surface area contributed by atoms with Crippen LogP contribution in [0.5, 0.6) is 0 Å². The molecule has 0 spiro atoms. The van der Waals surface area contributed by atoms with Gasteiger partial charge in [0.2, 0.25) is 0 Å². The number of rotatable bonds is 6. The number of nitrogens with zero attached hydrogens (tertiary/aromatic N) is 1. The van der Waals surface area contributed by atoms with Gasteiger partial charge in [0.1, 0.15) is 0 Å². The molecule has 3 aromatic rings. The number of para-hydroxylation sites is 1. The minimum Gasteiger partial charge on any atom is -0.478 e. The summed E-state index contributed by atoms with van der Waals surface area (Å²) in [5.41, 5.74) is 1.43. The molecule has 26 heavy (non-hydrogen) atoms. The third kappa shape index (κ3) is 3.75. The summed E-state index contributed by atoms with van der Waals surface area (Å²) in [7, 11) is -3.85. The number of carbonyl (C=O) groups is 1. The van der Waals surface area contributed by atoms with E-state index in [1.165, 1.54) is 28.6 Å². The molecule has 0 aromatic heterocycles. The summed E-state index contributed by atoms with van der Waals surface area (Å²) in [4.78, 5) is 11.0. The molecule has 0 fully saturated rings. The van der Waals surface area contributed by atoms with Crippen molar-refractivity contribution in [3.8, 4) is 0 Å². The van der Waals surface area contributed by atoms with Gasteiger partial charge in [-0.1, -0.05) is 48.5 Å². The SMILES string of the molecule is O=C(O)c1ccc(S(=O)(=O)N(Cc2ccccc2)c2ccccc2)cc1. The minimum absolute atomic E-state index is 0.0401. The van der Waals surface area contributed by atoms with Gasteiger partial charge in [-0.05, 0) is 42.0 Å². The maximum Gasteiger partial charge on any atom is 0.335 e. The number of carboxylic acids is 1. The Bertz CT molecular complexity index is 985. The van der Waals surface area contributed by atoms with Crippen LogP contribution in [-0.4, -0.2) is 19.5 Å². The average molecular weight is 367 g/mol.